The molecule has 1 amide bonds. The molecule has 1 aliphatic rings. The Morgan fingerprint density at radius 2 is 1.90 bits per heavy atom. The van der Waals surface area contributed by atoms with Crippen LogP contribution < -0.4 is 5.56 Å². The molecule has 0 radical (unpaired) electrons. The highest BCUT2D eigenvalue weighted by Gasteiger charge is 2.33. The highest BCUT2D eigenvalue weighted by molar-refractivity contribution is 8.26. The van der Waals surface area contributed by atoms with Crippen LogP contribution in [0.1, 0.15) is 25.0 Å². The van der Waals surface area contributed by atoms with Gasteiger partial charge in [-0.25, -0.2) is 4.98 Å². The van der Waals surface area contributed by atoms with Crippen molar-refractivity contribution in [3.8, 4) is 0 Å². The number of thioether (sulfide) groups is 1. The number of carbonyl (C=O) groups excluding carboxylic acids is 1. The summed E-state index contributed by atoms with van der Waals surface area (Å²) in [5.41, 5.74) is 1.70. The van der Waals surface area contributed by atoms with E-state index in [0.717, 1.165) is 10.5 Å². The molecular weight excluding hydrogens is 446 g/mol. The zero-order valence-electron chi connectivity index (χ0n) is 17.4. The van der Waals surface area contributed by atoms with Crippen molar-refractivity contribution in [2.24, 2.45) is 5.92 Å². The van der Waals surface area contributed by atoms with E-state index in [0.29, 0.717) is 37.9 Å². The molecule has 0 atom stereocenters. The number of hydrogen-bond donors (Lipinski definition) is 0. The Balaban J connectivity index is 1.85. The number of amides is 1. The summed E-state index contributed by atoms with van der Waals surface area (Å²) in [4.78, 5) is 34.2. The van der Waals surface area contributed by atoms with Crippen LogP contribution in [0.15, 0.2) is 68.3 Å². The van der Waals surface area contributed by atoms with Gasteiger partial charge in [0.1, 0.15) is 15.0 Å². The highest BCUT2D eigenvalue weighted by Crippen LogP contribution is 2.35. The molecule has 1 aliphatic heterocycles. The fourth-order valence-electron chi connectivity index (χ4n) is 3.19. The normalized spacial score (nSPS) is 15.6. The van der Waals surface area contributed by atoms with Crippen LogP contribution in [0.2, 0.25) is 0 Å². The van der Waals surface area contributed by atoms with Crippen LogP contribution >= 0.6 is 35.7 Å². The van der Waals surface area contributed by atoms with Crippen molar-refractivity contribution in [1.29, 1.82) is 0 Å². The summed E-state index contributed by atoms with van der Waals surface area (Å²) in [5, 5.41) is 0.564. The van der Waals surface area contributed by atoms with Crippen molar-refractivity contribution in [2.45, 2.75) is 30.7 Å². The molecule has 1 fully saturated rings. The van der Waals surface area contributed by atoms with Gasteiger partial charge in [0.05, 0.1) is 10.5 Å². The summed E-state index contributed by atoms with van der Waals surface area (Å²) in [5.74, 6) is 0.134. The SMILES string of the molecule is Cc1ccc2nc(Sc3ccccc3)c(C=C3SC(=S)N(CC(C)C)C3=O)c(=O)n2c1. The molecule has 3 heterocycles. The Labute approximate surface area is 194 Å². The number of rotatable bonds is 5. The molecule has 0 aliphatic carbocycles. The van der Waals surface area contributed by atoms with Crippen LogP contribution in [0.25, 0.3) is 11.7 Å². The van der Waals surface area contributed by atoms with Gasteiger partial charge in [0.25, 0.3) is 11.5 Å². The Kier molecular flexibility index (Phi) is 6.31. The summed E-state index contributed by atoms with van der Waals surface area (Å²) in [6.45, 7) is 6.56. The predicted octanol–water partition coefficient (Wildman–Crippen LogP) is 5.01. The van der Waals surface area contributed by atoms with Crippen molar-refractivity contribution in [1.82, 2.24) is 14.3 Å². The first kappa shape index (κ1) is 21.8. The predicted molar refractivity (Wildman–Crippen MR) is 131 cm³/mol. The van der Waals surface area contributed by atoms with Crippen molar-refractivity contribution in [2.75, 3.05) is 6.54 Å². The van der Waals surface area contributed by atoms with E-state index in [1.54, 1.807) is 17.2 Å². The average Bonchev–Trinajstić information content (AvgIpc) is 2.99. The summed E-state index contributed by atoms with van der Waals surface area (Å²) in [6.07, 6.45) is 3.41. The third kappa shape index (κ3) is 4.61. The molecule has 2 aromatic heterocycles. The van der Waals surface area contributed by atoms with E-state index in [-0.39, 0.29) is 11.5 Å². The number of carbonyl (C=O) groups is 1. The van der Waals surface area contributed by atoms with Gasteiger partial charge in [0, 0.05) is 17.6 Å². The standard InChI is InChI=1S/C23H21N3O2S3/c1-14(2)12-26-22(28)18(31-23(26)29)11-17-20(30-16-7-5-4-6-8-16)24-19-10-9-15(3)13-25(19)21(17)27/h4-11,13-14H,12H2,1-3H3. The smallest absolute Gasteiger partial charge is 0.266 e. The topological polar surface area (TPSA) is 54.7 Å². The first-order chi connectivity index (χ1) is 14.8. The Morgan fingerprint density at radius 1 is 1.16 bits per heavy atom. The van der Waals surface area contributed by atoms with Gasteiger partial charge in [-0.1, -0.05) is 73.9 Å². The van der Waals surface area contributed by atoms with Crippen LogP contribution in [0.3, 0.4) is 0 Å². The van der Waals surface area contributed by atoms with E-state index >= 15 is 0 Å². The molecule has 0 N–H and O–H groups in total. The number of thiocarbonyl (C=S) groups is 1. The van der Waals surface area contributed by atoms with Crippen molar-refractivity contribution < 1.29 is 4.79 Å². The minimum absolute atomic E-state index is 0.159. The molecule has 8 heteroatoms. The molecular formula is C23H21N3O2S3. The fraction of sp³-hybridized carbons (Fsp3) is 0.217. The zero-order valence-corrected chi connectivity index (χ0v) is 19.8. The van der Waals surface area contributed by atoms with Gasteiger partial charge >= 0.3 is 0 Å². The molecule has 31 heavy (non-hydrogen) atoms. The largest absolute Gasteiger partial charge is 0.293 e. The van der Waals surface area contributed by atoms with Gasteiger partial charge in [0.2, 0.25) is 0 Å². The number of benzene rings is 1. The first-order valence-corrected chi connectivity index (χ1v) is 11.9. The second-order valence-corrected chi connectivity index (χ2v) is 10.4. The Morgan fingerprint density at radius 3 is 2.61 bits per heavy atom. The molecule has 0 spiro atoms. The van der Waals surface area contributed by atoms with E-state index in [4.69, 9.17) is 17.2 Å². The van der Waals surface area contributed by atoms with Crippen LogP contribution in [0.5, 0.6) is 0 Å². The maximum absolute atomic E-state index is 13.4. The Bertz CT molecular complexity index is 1270. The van der Waals surface area contributed by atoms with Crippen LogP contribution in [0, 0.1) is 12.8 Å². The van der Waals surface area contributed by atoms with Gasteiger partial charge < -0.3 is 0 Å². The number of aromatic nitrogens is 2. The first-order valence-electron chi connectivity index (χ1n) is 9.85. The number of hydrogen-bond acceptors (Lipinski definition) is 6. The van der Waals surface area contributed by atoms with E-state index in [1.165, 1.54) is 27.9 Å². The molecule has 1 saturated heterocycles. The van der Waals surface area contributed by atoms with Gasteiger partial charge in [0.15, 0.2) is 0 Å². The van der Waals surface area contributed by atoms with E-state index in [9.17, 15) is 9.59 Å². The molecule has 3 aromatic rings. The van der Waals surface area contributed by atoms with Crippen LogP contribution in [-0.4, -0.2) is 31.1 Å². The molecule has 4 rings (SSSR count). The summed E-state index contributed by atoms with van der Waals surface area (Å²) in [7, 11) is 0. The van der Waals surface area contributed by atoms with E-state index in [2.05, 4.69) is 0 Å². The minimum Gasteiger partial charge on any atom is -0.293 e. The molecule has 1 aromatic carbocycles. The van der Waals surface area contributed by atoms with Gasteiger partial charge in [-0.3, -0.25) is 18.9 Å². The number of pyridine rings is 1. The average molecular weight is 468 g/mol. The van der Waals surface area contributed by atoms with Gasteiger partial charge in [-0.05, 0) is 42.7 Å². The van der Waals surface area contributed by atoms with E-state index in [1.807, 2.05) is 63.2 Å². The Hall–Kier alpha value is -2.42. The maximum atomic E-state index is 13.4. The van der Waals surface area contributed by atoms with Gasteiger partial charge in [-0.2, -0.15) is 0 Å². The second-order valence-electron chi connectivity index (χ2n) is 7.67. The van der Waals surface area contributed by atoms with Crippen molar-refractivity contribution in [3.63, 3.8) is 0 Å². The zero-order chi connectivity index (χ0) is 22.1. The number of nitrogens with zero attached hydrogens (tertiary/aromatic N) is 3. The lowest BCUT2D eigenvalue weighted by Crippen LogP contribution is -2.31. The third-order valence-corrected chi connectivity index (χ3v) is 7.02. The molecule has 158 valence electrons. The lowest BCUT2D eigenvalue weighted by molar-refractivity contribution is -0.122. The lowest BCUT2D eigenvalue weighted by atomic mass is 10.2. The molecule has 0 saturated carbocycles. The van der Waals surface area contributed by atoms with Crippen LogP contribution in [-0.2, 0) is 4.79 Å². The van der Waals surface area contributed by atoms with Gasteiger partial charge in [-0.15, -0.1) is 0 Å². The lowest BCUT2D eigenvalue weighted by Gasteiger charge is -2.16. The second kappa shape index (κ2) is 8.98. The minimum atomic E-state index is -0.207. The molecule has 0 bridgehead atoms. The molecule has 5 nitrogen and oxygen atoms in total. The van der Waals surface area contributed by atoms with Crippen LogP contribution in [0.4, 0.5) is 0 Å². The fourth-order valence-corrected chi connectivity index (χ4v) is 5.36. The molecule has 0 unspecified atom stereocenters. The number of aryl methyl sites for hydroxylation is 1. The summed E-state index contributed by atoms with van der Waals surface area (Å²) in [6, 6.07) is 13.5. The monoisotopic (exact) mass is 467 g/mol. The maximum Gasteiger partial charge on any atom is 0.266 e. The third-order valence-electron chi connectivity index (χ3n) is 4.63. The summed E-state index contributed by atoms with van der Waals surface area (Å²) < 4.78 is 2.05. The van der Waals surface area contributed by atoms with Crippen molar-refractivity contribution in [3.05, 3.63) is 75.0 Å². The van der Waals surface area contributed by atoms with Crippen molar-refractivity contribution >= 4 is 57.7 Å². The van der Waals surface area contributed by atoms with E-state index < -0.39 is 0 Å². The quantitative estimate of drug-likeness (QED) is 0.299. The number of fused-ring (bicyclic) bond motifs is 1. The highest BCUT2D eigenvalue weighted by atomic mass is 32.2. The summed E-state index contributed by atoms with van der Waals surface area (Å²) >= 11 is 8.06.